The molecule has 0 radical (unpaired) electrons. The van der Waals surface area contributed by atoms with Gasteiger partial charge in [0.1, 0.15) is 17.2 Å². The van der Waals surface area contributed by atoms with Crippen molar-refractivity contribution >= 4 is 23.4 Å². The normalized spacial score (nSPS) is 11.4. The fourth-order valence-corrected chi connectivity index (χ4v) is 1.84. The Morgan fingerprint density at radius 2 is 1.70 bits per heavy atom. The Morgan fingerprint density at radius 1 is 1.19 bits per heavy atom. The van der Waals surface area contributed by atoms with E-state index in [0.29, 0.717) is 11.3 Å². The summed E-state index contributed by atoms with van der Waals surface area (Å²) in [4.78, 5) is 23.8. The van der Waals surface area contributed by atoms with Gasteiger partial charge < -0.3 is 27.0 Å². The van der Waals surface area contributed by atoms with Crippen LogP contribution < -0.4 is 21.9 Å². The molecule has 0 unspecified atom stereocenters. The Bertz CT molecular complexity index is 826. The number of nitrogen functional groups attached to an aromatic ring is 2. The van der Waals surface area contributed by atoms with Gasteiger partial charge in [-0.25, -0.2) is 9.36 Å². The zero-order valence-corrected chi connectivity index (χ0v) is 15.9. The first-order chi connectivity index (χ1) is 12.5. The van der Waals surface area contributed by atoms with Crippen molar-refractivity contribution in [2.24, 2.45) is 5.73 Å². The quantitative estimate of drug-likeness (QED) is 0.604. The molecule has 2 rings (SSSR count). The van der Waals surface area contributed by atoms with E-state index < -0.39 is 17.5 Å². The molecule has 0 saturated carbocycles. The number of rotatable bonds is 3. The van der Waals surface area contributed by atoms with E-state index in [2.05, 4.69) is 0 Å². The molecule has 0 fully saturated rings. The number of anilines is 2. The van der Waals surface area contributed by atoms with Gasteiger partial charge in [-0.15, -0.1) is 0 Å². The van der Waals surface area contributed by atoms with E-state index in [1.54, 1.807) is 0 Å². The summed E-state index contributed by atoms with van der Waals surface area (Å²) in [6.07, 6.45) is 2.50. The van der Waals surface area contributed by atoms with Crippen molar-refractivity contribution in [3.63, 3.8) is 0 Å². The molecule has 8 heteroatoms. The summed E-state index contributed by atoms with van der Waals surface area (Å²) in [5.74, 6) is -0.0203. The summed E-state index contributed by atoms with van der Waals surface area (Å²) >= 11 is 0. The third kappa shape index (κ3) is 6.52. The van der Waals surface area contributed by atoms with Crippen molar-refractivity contribution in [3.8, 4) is 5.75 Å². The molecule has 27 heavy (non-hydrogen) atoms. The standard InChI is InChI=1S/C15H17N3O4.C4H9N/c1-15(2,21)13(19)9-3-5-11(6-4-9)22-14(20)18-8-10(16)7-12(18)17;1-3-4(2)5/h3-8,21H,16-17H2,1-2H3;3H,5H2,1-2H3/b;4-3+. The number of hydrogen-bond acceptors (Lipinski definition) is 7. The summed E-state index contributed by atoms with van der Waals surface area (Å²) < 4.78 is 6.20. The minimum atomic E-state index is -1.46. The Hall–Kier alpha value is -3.26. The lowest BCUT2D eigenvalue weighted by molar-refractivity contribution is 0.0488. The molecule has 0 bridgehead atoms. The van der Waals surface area contributed by atoms with E-state index in [4.69, 9.17) is 21.9 Å². The Morgan fingerprint density at radius 3 is 2.07 bits per heavy atom. The van der Waals surface area contributed by atoms with Crippen LogP contribution in [-0.4, -0.2) is 27.2 Å². The molecule has 0 aliphatic heterocycles. The number of Topliss-reactive ketones (excluding diaryl/α,β-unsaturated/α-hetero) is 1. The zero-order valence-electron chi connectivity index (χ0n) is 15.9. The summed E-state index contributed by atoms with van der Waals surface area (Å²) in [5, 5.41) is 9.67. The van der Waals surface area contributed by atoms with Crippen molar-refractivity contribution < 1.29 is 19.4 Å². The number of aromatic nitrogens is 1. The van der Waals surface area contributed by atoms with E-state index in [9.17, 15) is 14.7 Å². The highest BCUT2D eigenvalue weighted by Crippen LogP contribution is 2.19. The van der Waals surface area contributed by atoms with Gasteiger partial charge in [0.2, 0.25) is 0 Å². The Balaban J connectivity index is 0.000000646. The minimum absolute atomic E-state index is 0.163. The lowest BCUT2D eigenvalue weighted by atomic mass is 9.97. The zero-order chi connectivity index (χ0) is 20.8. The van der Waals surface area contributed by atoms with Crippen molar-refractivity contribution in [2.75, 3.05) is 11.5 Å². The molecular weight excluding hydrogens is 348 g/mol. The highest BCUT2D eigenvalue weighted by Gasteiger charge is 2.25. The molecule has 1 aromatic heterocycles. The van der Waals surface area contributed by atoms with Gasteiger partial charge in [0.25, 0.3) is 0 Å². The number of nitrogens with two attached hydrogens (primary N) is 3. The van der Waals surface area contributed by atoms with E-state index in [1.807, 2.05) is 19.9 Å². The molecule has 0 aliphatic carbocycles. The van der Waals surface area contributed by atoms with Crippen LogP contribution in [0.25, 0.3) is 0 Å². The topological polar surface area (TPSA) is 147 Å². The highest BCUT2D eigenvalue weighted by molar-refractivity contribution is 6.01. The monoisotopic (exact) mass is 374 g/mol. The van der Waals surface area contributed by atoms with Crippen molar-refractivity contribution in [1.29, 1.82) is 0 Å². The first-order valence-corrected chi connectivity index (χ1v) is 8.16. The number of hydrogen-bond donors (Lipinski definition) is 4. The fourth-order valence-electron chi connectivity index (χ4n) is 1.84. The number of carbonyl (C=O) groups excluding carboxylic acids is 2. The summed E-state index contributed by atoms with van der Waals surface area (Å²) in [6, 6.07) is 7.29. The number of benzene rings is 1. The maximum atomic E-state index is 11.9. The number of aliphatic hydroxyl groups is 1. The molecule has 0 amide bonds. The first kappa shape index (κ1) is 21.8. The van der Waals surface area contributed by atoms with Gasteiger partial charge in [-0.05, 0) is 52.0 Å². The third-order valence-corrected chi connectivity index (χ3v) is 3.40. The lowest BCUT2D eigenvalue weighted by Gasteiger charge is -2.15. The van der Waals surface area contributed by atoms with E-state index in [-0.39, 0.29) is 11.6 Å². The Kier molecular flexibility index (Phi) is 7.18. The molecule has 7 N–H and O–H groups in total. The predicted molar refractivity (Wildman–Crippen MR) is 105 cm³/mol. The molecule has 0 spiro atoms. The maximum Gasteiger partial charge on any atom is 0.425 e. The van der Waals surface area contributed by atoms with Crippen LogP contribution in [0.3, 0.4) is 0 Å². The number of nitrogens with zero attached hydrogens (tertiary/aromatic N) is 1. The Labute approximate surface area is 158 Å². The SMILES string of the molecule is C/C=C(\C)N.CC(C)(O)C(=O)c1ccc(OC(=O)n2cc(N)cc2N)cc1. The largest absolute Gasteiger partial charge is 0.425 e. The maximum absolute atomic E-state index is 11.9. The highest BCUT2D eigenvalue weighted by atomic mass is 16.6. The van der Waals surface area contributed by atoms with Crippen LogP contribution in [-0.2, 0) is 0 Å². The van der Waals surface area contributed by atoms with E-state index >= 15 is 0 Å². The molecule has 0 saturated heterocycles. The second-order valence-corrected chi connectivity index (χ2v) is 6.38. The number of carbonyl (C=O) groups is 2. The van der Waals surface area contributed by atoms with Crippen molar-refractivity contribution in [2.45, 2.75) is 33.3 Å². The summed E-state index contributed by atoms with van der Waals surface area (Å²) in [7, 11) is 0. The number of ketones is 1. The number of ether oxygens (including phenoxy) is 1. The van der Waals surface area contributed by atoms with Crippen LogP contribution in [0.2, 0.25) is 0 Å². The van der Waals surface area contributed by atoms with E-state index in [0.717, 1.165) is 10.3 Å². The van der Waals surface area contributed by atoms with Crippen LogP contribution in [0.4, 0.5) is 16.3 Å². The summed E-state index contributed by atoms with van der Waals surface area (Å²) in [6.45, 7) is 6.58. The van der Waals surface area contributed by atoms with Gasteiger partial charge in [0, 0.05) is 23.5 Å². The lowest BCUT2D eigenvalue weighted by Crippen LogP contribution is -2.31. The number of allylic oxidation sites excluding steroid dienone is 2. The second kappa shape index (κ2) is 8.91. The van der Waals surface area contributed by atoms with Crippen LogP contribution in [0.15, 0.2) is 48.3 Å². The molecule has 0 aliphatic rings. The second-order valence-electron chi connectivity index (χ2n) is 6.38. The molecule has 1 aromatic carbocycles. The third-order valence-electron chi connectivity index (χ3n) is 3.40. The summed E-state index contributed by atoms with van der Waals surface area (Å²) in [5.41, 5.74) is 16.4. The van der Waals surface area contributed by atoms with Gasteiger partial charge in [-0.2, -0.15) is 0 Å². The van der Waals surface area contributed by atoms with Gasteiger partial charge in [-0.3, -0.25) is 4.79 Å². The molecule has 0 atom stereocenters. The minimum Gasteiger partial charge on any atom is -0.410 e. The van der Waals surface area contributed by atoms with Gasteiger partial charge in [-0.1, -0.05) is 6.08 Å². The van der Waals surface area contributed by atoms with Crippen LogP contribution in [0.1, 0.15) is 38.1 Å². The molecule has 2 aromatic rings. The molecule has 1 heterocycles. The van der Waals surface area contributed by atoms with Gasteiger partial charge >= 0.3 is 6.09 Å². The van der Waals surface area contributed by atoms with Crippen molar-refractivity contribution in [3.05, 3.63) is 53.9 Å². The van der Waals surface area contributed by atoms with Gasteiger partial charge in [0.15, 0.2) is 5.78 Å². The van der Waals surface area contributed by atoms with E-state index in [1.165, 1.54) is 50.4 Å². The van der Waals surface area contributed by atoms with Gasteiger partial charge in [0.05, 0.1) is 5.69 Å². The average molecular weight is 374 g/mol. The first-order valence-electron chi connectivity index (χ1n) is 8.16. The van der Waals surface area contributed by atoms with Crippen LogP contribution in [0, 0.1) is 0 Å². The molecule has 146 valence electrons. The fraction of sp³-hybridized carbons (Fsp3) is 0.263. The average Bonchev–Trinajstić information content (AvgIpc) is 2.93. The smallest absolute Gasteiger partial charge is 0.410 e. The molecule has 8 nitrogen and oxygen atoms in total. The predicted octanol–water partition coefficient (Wildman–Crippen LogP) is 2.52. The molecular formula is C19H26N4O4. The van der Waals surface area contributed by atoms with Crippen LogP contribution >= 0.6 is 0 Å². The van der Waals surface area contributed by atoms with Crippen LogP contribution in [0.5, 0.6) is 5.75 Å². The van der Waals surface area contributed by atoms with Crippen molar-refractivity contribution in [1.82, 2.24) is 4.57 Å².